The Bertz CT molecular complexity index is 911. The Morgan fingerprint density at radius 1 is 0.815 bits per heavy atom. The molecule has 0 radical (unpaired) electrons. The van der Waals surface area contributed by atoms with Gasteiger partial charge in [0, 0.05) is 23.9 Å². The summed E-state index contributed by atoms with van der Waals surface area (Å²) in [5.74, 6) is 2.12. The highest BCUT2D eigenvalue weighted by atomic mass is 19.1. The maximum Gasteiger partial charge on any atom is 0.203 e. The molecule has 0 bridgehead atoms. The fourth-order valence-electron chi connectivity index (χ4n) is 2.50. The van der Waals surface area contributed by atoms with E-state index in [1.54, 1.807) is 57.7 Å². The van der Waals surface area contributed by atoms with E-state index in [-0.39, 0.29) is 5.82 Å². The molecule has 7 nitrogen and oxygen atoms in total. The van der Waals surface area contributed by atoms with Crippen molar-refractivity contribution in [1.82, 2.24) is 9.97 Å². The fourth-order valence-corrected chi connectivity index (χ4v) is 2.50. The summed E-state index contributed by atoms with van der Waals surface area (Å²) in [6.45, 7) is 0. The van der Waals surface area contributed by atoms with Gasteiger partial charge in [0.25, 0.3) is 0 Å². The van der Waals surface area contributed by atoms with Crippen LogP contribution in [0, 0.1) is 5.82 Å². The van der Waals surface area contributed by atoms with Gasteiger partial charge in [-0.3, -0.25) is 0 Å². The van der Waals surface area contributed by atoms with Gasteiger partial charge in [0.05, 0.1) is 27.0 Å². The summed E-state index contributed by atoms with van der Waals surface area (Å²) < 4.78 is 29.8. The van der Waals surface area contributed by atoms with Crippen molar-refractivity contribution in [3.8, 4) is 17.2 Å². The van der Waals surface area contributed by atoms with Crippen molar-refractivity contribution in [2.45, 2.75) is 0 Å². The minimum Gasteiger partial charge on any atom is -0.493 e. The lowest BCUT2D eigenvalue weighted by Crippen LogP contribution is -2.01. The van der Waals surface area contributed by atoms with E-state index < -0.39 is 0 Å². The van der Waals surface area contributed by atoms with E-state index in [1.807, 2.05) is 0 Å². The number of halogens is 1. The van der Waals surface area contributed by atoms with E-state index in [0.29, 0.717) is 40.3 Å². The van der Waals surface area contributed by atoms with E-state index in [2.05, 4.69) is 20.6 Å². The average molecular weight is 370 g/mol. The maximum absolute atomic E-state index is 13.8. The van der Waals surface area contributed by atoms with Crippen LogP contribution in [0.1, 0.15) is 0 Å². The molecule has 1 aromatic heterocycles. The summed E-state index contributed by atoms with van der Waals surface area (Å²) in [5, 5.41) is 6.07. The summed E-state index contributed by atoms with van der Waals surface area (Å²) in [5.41, 5.74) is 1.01. The lowest BCUT2D eigenvalue weighted by Gasteiger charge is -2.15. The van der Waals surface area contributed by atoms with Crippen LogP contribution >= 0.6 is 0 Å². The zero-order valence-electron chi connectivity index (χ0n) is 15.1. The topological polar surface area (TPSA) is 77.5 Å². The molecule has 3 rings (SSSR count). The van der Waals surface area contributed by atoms with Crippen LogP contribution in [0.3, 0.4) is 0 Å². The quantitative estimate of drug-likeness (QED) is 0.647. The number of aromatic nitrogens is 2. The first-order chi connectivity index (χ1) is 13.1. The van der Waals surface area contributed by atoms with Crippen LogP contribution in [-0.4, -0.2) is 31.3 Å². The molecule has 0 saturated carbocycles. The van der Waals surface area contributed by atoms with E-state index in [1.165, 1.54) is 12.4 Å². The Balaban J connectivity index is 1.85. The molecule has 0 aliphatic carbocycles. The van der Waals surface area contributed by atoms with Crippen LogP contribution in [0.15, 0.2) is 48.8 Å². The van der Waals surface area contributed by atoms with Gasteiger partial charge in [0.1, 0.15) is 23.8 Å². The molecule has 0 amide bonds. The van der Waals surface area contributed by atoms with Gasteiger partial charge in [-0.25, -0.2) is 14.4 Å². The molecule has 3 aromatic rings. The summed E-state index contributed by atoms with van der Waals surface area (Å²) in [4.78, 5) is 8.30. The number of benzene rings is 2. The third kappa shape index (κ3) is 4.17. The van der Waals surface area contributed by atoms with Crippen LogP contribution in [0.4, 0.5) is 27.4 Å². The molecule has 0 unspecified atom stereocenters. The van der Waals surface area contributed by atoms with Crippen molar-refractivity contribution in [3.63, 3.8) is 0 Å². The smallest absolute Gasteiger partial charge is 0.203 e. The van der Waals surface area contributed by atoms with E-state index in [4.69, 9.17) is 14.2 Å². The molecule has 2 N–H and O–H groups in total. The summed E-state index contributed by atoms with van der Waals surface area (Å²) >= 11 is 0. The number of nitrogens with zero attached hydrogens (tertiary/aromatic N) is 2. The van der Waals surface area contributed by atoms with Crippen LogP contribution in [0.25, 0.3) is 0 Å². The molecular weight excluding hydrogens is 351 g/mol. The van der Waals surface area contributed by atoms with Gasteiger partial charge < -0.3 is 24.8 Å². The number of nitrogens with one attached hydrogen (secondary N) is 2. The van der Waals surface area contributed by atoms with Crippen molar-refractivity contribution in [1.29, 1.82) is 0 Å². The number of hydrogen-bond donors (Lipinski definition) is 2. The molecule has 1 heterocycles. The number of methoxy groups -OCH3 is 3. The number of hydrogen-bond acceptors (Lipinski definition) is 7. The van der Waals surface area contributed by atoms with Gasteiger partial charge in [0.2, 0.25) is 5.75 Å². The average Bonchev–Trinajstić information content (AvgIpc) is 2.69. The maximum atomic E-state index is 13.8. The number of para-hydroxylation sites is 1. The molecular formula is C19H19FN4O3. The second kappa shape index (κ2) is 8.22. The fraction of sp³-hybridized carbons (Fsp3) is 0.158. The lowest BCUT2D eigenvalue weighted by atomic mass is 10.2. The molecule has 0 fully saturated rings. The number of anilines is 4. The normalized spacial score (nSPS) is 10.2. The van der Waals surface area contributed by atoms with Gasteiger partial charge in [0.15, 0.2) is 11.5 Å². The van der Waals surface area contributed by atoms with Crippen molar-refractivity contribution >= 4 is 23.0 Å². The Morgan fingerprint density at radius 2 is 1.44 bits per heavy atom. The first-order valence-corrected chi connectivity index (χ1v) is 8.05. The van der Waals surface area contributed by atoms with Crippen molar-refractivity contribution in [2.24, 2.45) is 0 Å². The van der Waals surface area contributed by atoms with Crippen LogP contribution in [-0.2, 0) is 0 Å². The SMILES string of the molecule is COc1cc(Nc2cc(Nc3ccccc3F)ncn2)cc(OC)c1OC. The minimum atomic E-state index is -0.366. The standard InChI is InChI=1S/C19H19FN4O3/c1-25-15-8-12(9-16(26-2)19(15)27-3)23-17-10-18(22-11-21-17)24-14-7-5-4-6-13(14)20/h4-11H,1-3H3,(H2,21,22,23,24). The Morgan fingerprint density at radius 3 is 2.04 bits per heavy atom. The van der Waals surface area contributed by atoms with Gasteiger partial charge in [-0.2, -0.15) is 0 Å². The second-order valence-corrected chi connectivity index (χ2v) is 5.43. The van der Waals surface area contributed by atoms with E-state index >= 15 is 0 Å². The molecule has 27 heavy (non-hydrogen) atoms. The van der Waals surface area contributed by atoms with Crippen molar-refractivity contribution in [3.05, 3.63) is 54.6 Å². The monoisotopic (exact) mass is 370 g/mol. The molecule has 0 spiro atoms. The molecule has 0 aliphatic heterocycles. The van der Waals surface area contributed by atoms with Gasteiger partial charge in [-0.1, -0.05) is 12.1 Å². The molecule has 0 atom stereocenters. The summed E-state index contributed by atoms with van der Waals surface area (Å²) in [6, 6.07) is 11.5. The lowest BCUT2D eigenvalue weighted by molar-refractivity contribution is 0.324. The molecule has 8 heteroatoms. The zero-order valence-corrected chi connectivity index (χ0v) is 15.1. The highest BCUT2D eigenvalue weighted by Crippen LogP contribution is 2.40. The first kappa shape index (κ1) is 18.2. The molecule has 140 valence electrons. The van der Waals surface area contributed by atoms with Gasteiger partial charge in [-0.05, 0) is 12.1 Å². The Labute approximate surface area is 156 Å². The Kier molecular flexibility index (Phi) is 5.55. The summed E-state index contributed by atoms with van der Waals surface area (Å²) in [7, 11) is 4.63. The van der Waals surface area contributed by atoms with Gasteiger partial charge in [-0.15, -0.1) is 0 Å². The highest BCUT2D eigenvalue weighted by Gasteiger charge is 2.13. The Hall–Kier alpha value is -3.55. The number of ether oxygens (including phenoxy) is 3. The van der Waals surface area contributed by atoms with E-state index in [9.17, 15) is 4.39 Å². The highest BCUT2D eigenvalue weighted by molar-refractivity contribution is 5.68. The number of rotatable bonds is 7. The first-order valence-electron chi connectivity index (χ1n) is 8.05. The predicted molar refractivity (Wildman–Crippen MR) is 101 cm³/mol. The molecule has 0 saturated heterocycles. The van der Waals surface area contributed by atoms with Crippen molar-refractivity contribution < 1.29 is 18.6 Å². The van der Waals surface area contributed by atoms with E-state index in [0.717, 1.165) is 0 Å². The third-order valence-corrected chi connectivity index (χ3v) is 3.74. The van der Waals surface area contributed by atoms with Crippen LogP contribution in [0.2, 0.25) is 0 Å². The third-order valence-electron chi connectivity index (χ3n) is 3.74. The summed E-state index contributed by atoms with van der Waals surface area (Å²) in [6.07, 6.45) is 1.38. The molecule has 2 aromatic carbocycles. The van der Waals surface area contributed by atoms with Gasteiger partial charge >= 0.3 is 0 Å². The predicted octanol–water partition coefficient (Wildman–Crippen LogP) is 4.13. The van der Waals surface area contributed by atoms with Crippen LogP contribution < -0.4 is 24.8 Å². The second-order valence-electron chi connectivity index (χ2n) is 5.43. The minimum absolute atomic E-state index is 0.329. The van der Waals surface area contributed by atoms with Crippen LogP contribution in [0.5, 0.6) is 17.2 Å². The molecule has 0 aliphatic rings. The zero-order chi connectivity index (χ0) is 19.2. The largest absolute Gasteiger partial charge is 0.493 e. The van der Waals surface area contributed by atoms with Crippen molar-refractivity contribution in [2.75, 3.05) is 32.0 Å².